The lowest BCUT2D eigenvalue weighted by Gasteiger charge is -2.27. The Morgan fingerprint density at radius 1 is 1.25 bits per heavy atom. The second-order valence-corrected chi connectivity index (χ2v) is 6.42. The smallest absolute Gasteiger partial charge is 0.242 e. The molecule has 0 fully saturated rings. The van der Waals surface area contributed by atoms with Crippen molar-refractivity contribution in [2.45, 2.75) is 32.9 Å². The molecule has 0 heterocycles. The highest BCUT2D eigenvalue weighted by Crippen LogP contribution is 2.22. The zero-order valence-electron chi connectivity index (χ0n) is 15.4. The summed E-state index contributed by atoms with van der Waals surface area (Å²) < 4.78 is 5.27. The second kappa shape index (κ2) is 9.27. The van der Waals surface area contributed by atoms with Crippen LogP contribution in [0.3, 0.4) is 0 Å². The van der Waals surface area contributed by atoms with Crippen LogP contribution in [0.2, 0.25) is 0 Å². The van der Waals surface area contributed by atoms with Crippen molar-refractivity contribution in [1.82, 2.24) is 15.5 Å². The monoisotopic (exact) mass is 335 g/mol. The van der Waals surface area contributed by atoms with Crippen molar-refractivity contribution in [1.29, 1.82) is 0 Å². The van der Waals surface area contributed by atoms with Gasteiger partial charge in [0.15, 0.2) is 0 Å². The molecule has 0 saturated carbocycles. The molecule has 1 aromatic carbocycles. The van der Waals surface area contributed by atoms with E-state index in [-0.39, 0.29) is 23.8 Å². The van der Waals surface area contributed by atoms with Gasteiger partial charge in [-0.2, -0.15) is 0 Å². The van der Waals surface area contributed by atoms with Crippen LogP contribution in [0.5, 0.6) is 5.75 Å². The van der Waals surface area contributed by atoms with E-state index in [0.29, 0.717) is 6.54 Å². The lowest BCUT2D eigenvalue weighted by Crippen LogP contribution is -2.50. The summed E-state index contributed by atoms with van der Waals surface area (Å²) in [6.07, 6.45) is 0. The van der Waals surface area contributed by atoms with Crippen LogP contribution in [0.25, 0.3) is 0 Å². The van der Waals surface area contributed by atoms with Crippen LogP contribution in [-0.2, 0) is 9.59 Å². The van der Waals surface area contributed by atoms with Crippen LogP contribution in [0.1, 0.15) is 32.4 Å². The van der Waals surface area contributed by atoms with Crippen LogP contribution in [0, 0.1) is 5.92 Å². The second-order valence-electron chi connectivity index (χ2n) is 6.42. The molecule has 2 amide bonds. The minimum atomic E-state index is -0.532. The molecule has 0 aromatic heterocycles. The van der Waals surface area contributed by atoms with Crippen LogP contribution in [-0.4, -0.2) is 50.5 Å². The van der Waals surface area contributed by atoms with Gasteiger partial charge in [0, 0.05) is 13.5 Å². The van der Waals surface area contributed by atoms with Gasteiger partial charge in [-0.05, 0) is 37.7 Å². The first-order valence-corrected chi connectivity index (χ1v) is 8.11. The van der Waals surface area contributed by atoms with Crippen molar-refractivity contribution in [2.24, 2.45) is 5.92 Å². The molecule has 6 heteroatoms. The molecule has 1 aromatic rings. The molecule has 0 bridgehead atoms. The minimum absolute atomic E-state index is 0.00851. The zero-order chi connectivity index (χ0) is 18.3. The maximum atomic E-state index is 12.4. The van der Waals surface area contributed by atoms with E-state index in [0.717, 1.165) is 11.3 Å². The summed E-state index contributed by atoms with van der Waals surface area (Å²) in [5.74, 6) is 0.420. The summed E-state index contributed by atoms with van der Waals surface area (Å²) in [6, 6.07) is 7.27. The van der Waals surface area contributed by atoms with Gasteiger partial charge < -0.3 is 20.3 Å². The number of hydrogen-bond donors (Lipinski definition) is 2. The molecule has 2 N–H and O–H groups in total. The van der Waals surface area contributed by atoms with E-state index in [1.165, 1.54) is 6.92 Å². The molecule has 0 radical (unpaired) electrons. The number of carbonyl (C=O) groups is 2. The minimum Gasteiger partial charge on any atom is -0.497 e. The van der Waals surface area contributed by atoms with E-state index in [4.69, 9.17) is 4.74 Å². The van der Waals surface area contributed by atoms with Gasteiger partial charge in [0.2, 0.25) is 11.8 Å². The van der Waals surface area contributed by atoms with E-state index in [2.05, 4.69) is 10.6 Å². The van der Waals surface area contributed by atoms with Crippen molar-refractivity contribution >= 4 is 11.8 Å². The van der Waals surface area contributed by atoms with E-state index in [9.17, 15) is 9.59 Å². The molecule has 0 aliphatic heterocycles. The molecule has 0 spiro atoms. The first-order valence-electron chi connectivity index (χ1n) is 8.11. The zero-order valence-corrected chi connectivity index (χ0v) is 15.4. The number of methoxy groups -OCH3 is 1. The number of hydrogen-bond acceptors (Lipinski definition) is 4. The molecular formula is C18H29N3O3. The number of ether oxygens (including phenoxy) is 1. The number of carbonyl (C=O) groups excluding carboxylic acids is 2. The molecule has 2 atom stereocenters. The Balaban J connectivity index is 2.82. The molecule has 0 saturated heterocycles. The highest BCUT2D eigenvalue weighted by molar-refractivity contribution is 5.87. The number of nitrogens with zero attached hydrogens (tertiary/aromatic N) is 1. The van der Waals surface area contributed by atoms with E-state index in [1.807, 2.05) is 57.1 Å². The predicted octanol–water partition coefficient (Wildman–Crippen LogP) is 1.57. The normalized spacial score (nSPS) is 13.5. The van der Waals surface area contributed by atoms with Crippen molar-refractivity contribution in [3.8, 4) is 5.75 Å². The van der Waals surface area contributed by atoms with Crippen molar-refractivity contribution < 1.29 is 14.3 Å². The fourth-order valence-corrected chi connectivity index (χ4v) is 2.51. The Morgan fingerprint density at radius 3 is 2.42 bits per heavy atom. The highest BCUT2D eigenvalue weighted by atomic mass is 16.5. The number of benzene rings is 1. The lowest BCUT2D eigenvalue weighted by molar-refractivity contribution is -0.129. The highest BCUT2D eigenvalue weighted by Gasteiger charge is 2.24. The summed E-state index contributed by atoms with van der Waals surface area (Å²) in [7, 11) is 5.56. The van der Waals surface area contributed by atoms with Gasteiger partial charge in [-0.15, -0.1) is 0 Å². The fraction of sp³-hybridized carbons (Fsp3) is 0.556. The summed E-state index contributed by atoms with van der Waals surface area (Å²) in [4.78, 5) is 25.8. The van der Waals surface area contributed by atoms with Gasteiger partial charge in [0.25, 0.3) is 0 Å². The van der Waals surface area contributed by atoms with Gasteiger partial charge in [0.05, 0.1) is 13.2 Å². The first kappa shape index (κ1) is 20.0. The topological polar surface area (TPSA) is 70.7 Å². The molecule has 0 aliphatic carbocycles. The maximum absolute atomic E-state index is 12.4. The molecule has 0 aliphatic rings. The first-order chi connectivity index (χ1) is 11.3. The largest absolute Gasteiger partial charge is 0.497 e. The van der Waals surface area contributed by atoms with Gasteiger partial charge in [0.1, 0.15) is 11.8 Å². The Kier molecular flexibility index (Phi) is 7.71. The third-order valence-corrected chi connectivity index (χ3v) is 3.88. The summed E-state index contributed by atoms with van der Waals surface area (Å²) in [6.45, 7) is 5.68. The van der Waals surface area contributed by atoms with Crippen molar-refractivity contribution in [3.63, 3.8) is 0 Å². The van der Waals surface area contributed by atoms with Gasteiger partial charge in [-0.1, -0.05) is 26.0 Å². The van der Waals surface area contributed by atoms with E-state index < -0.39 is 6.04 Å². The Labute approximate surface area is 144 Å². The van der Waals surface area contributed by atoms with E-state index in [1.54, 1.807) is 7.11 Å². The van der Waals surface area contributed by atoms with Gasteiger partial charge in [-0.25, -0.2) is 0 Å². The molecule has 134 valence electrons. The third-order valence-electron chi connectivity index (χ3n) is 3.88. The van der Waals surface area contributed by atoms with Crippen LogP contribution in [0.15, 0.2) is 24.3 Å². The van der Waals surface area contributed by atoms with Gasteiger partial charge >= 0.3 is 0 Å². The van der Waals surface area contributed by atoms with Crippen molar-refractivity contribution in [3.05, 3.63) is 29.8 Å². The molecule has 0 unspecified atom stereocenters. The number of nitrogens with one attached hydrogen (secondary N) is 2. The Morgan fingerprint density at radius 2 is 1.92 bits per heavy atom. The average molecular weight is 335 g/mol. The lowest BCUT2D eigenvalue weighted by atomic mass is 10.0. The van der Waals surface area contributed by atoms with Gasteiger partial charge in [-0.3, -0.25) is 9.59 Å². The third kappa shape index (κ3) is 5.85. The van der Waals surface area contributed by atoms with Crippen LogP contribution < -0.4 is 15.4 Å². The molecular weight excluding hydrogens is 306 g/mol. The number of amides is 2. The Bertz CT molecular complexity index is 558. The van der Waals surface area contributed by atoms with Crippen molar-refractivity contribution in [2.75, 3.05) is 27.7 Å². The number of rotatable bonds is 8. The summed E-state index contributed by atoms with van der Waals surface area (Å²) in [5.41, 5.74) is 1.06. The SMILES string of the molecule is COc1cccc([C@H](CNC(=O)[C@@H](NC(C)=O)C(C)C)N(C)C)c1. The quantitative estimate of drug-likeness (QED) is 0.757. The molecule has 1 rings (SSSR count). The van der Waals surface area contributed by atoms with Crippen LogP contribution in [0.4, 0.5) is 0 Å². The number of likely N-dealkylation sites (N-methyl/N-ethyl adjacent to an activating group) is 1. The molecule has 24 heavy (non-hydrogen) atoms. The fourth-order valence-electron chi connectivity index (χ4n) is 2.51. The summed E-state index contributed by atoms with van der Waals surface area (Å²) in [5, 5.41) is 5.66. The van der Waals surface area contributed by atoms with E-state index >= 15 is 0 Å². The predicted molar refractivity (Wildman–Crippen MR) is 94.9 cm³/mol. The molecule has 6 nitrogen and oxygen atoms in total. The standard InChI is InChI=1S/C18H29N3O3/c1-12(2)17(20-13(3)22)18(23)19-11-16(21(4)5)14-8-7-9-15(10-14)24-6/h7-10,12,16-17H,11H2,1-6H3,(H,19,23)(H,20,22)/t16-,17-/m0/s1. The maximum Gasteiger partial charge on any atom is 0.242 e. The average Bonchev–Trinajstić information content (AvgIpc) is 2.52. The summed E-state index contributed by atoms with van der Waals surface area (Å²) >= 11 is 0. The Hall–Kier alpha value is -2.08. The van der Waals surface area contributed by atoms with Crippen LogP contribution >= 0.6 is 0 Å².